The summed E-state index contributed by atoms with van der Waals surface area (Å²) in [5, 5.41) is 0. The molecule has 1 N–H and O–H groups in total. The van der Waals surface area contributed by atoms with Crippen LogP contribution in [0.15, 0.2) is 35.1 Å². The third kappa shape index (κ3) is 3.42. The Labute approximate surface area is 111 Å². The molecule has 0 unspecified atom stereocenters. The maximum atomic E-state index is 11.5. The lowest BCUT2D eigenvalue weighted by molar-refractivity contribution is 0.181. The number of benzene rings is 1. The molecule has 0 radical (unpaired) electrons. The van der Waals surface area contributed by atoms with Gasteiger partial charge in [-0.3, -0.25) is 4.79 Å². The largest absolute Gasteiger partial charge is 0.496 e. The fourth-order valence-corrected chi connectivity index (χ4v) is 1.90. The number of nitrogens with one attached hydrogen (secondary N) is 1. The van der Waals surface area contributed by atoms with Crippen molar-refractivity contribution in [3.63, 3.8) is 0 Å². The molecule has 1 aromatic heterocycles. The fraction of sp³-hybridized carbons (Fsp3) is 0.286. The van der Waals surface area contributed by atoms with Gasteiger partial charge in [0.2, 0.25) is 0 Å². The molecule has 0 atom stereocenters. The van der Waals surface area contributed by atoms with Gasteiger partial charge < -0.3 is 14.5 Å². The third-order valence-electron chi connectivity index (χ3n) is 2.69. The Kier molecular flexibility index (Phi) is 4.30. The van der Waals surface area contributed by atoms with E-state index in [4.69, 9.17) is 9.47 Å². The molecule has 0 saturated carbocycles. The summed E-state index contributed by atoms with van der Waals surface area (Å²) in [7, 11) is 3.19. The van der Waals surface area contributed by atoms with Crippen molar-refractivity contribution in [2.24, 2.45) is 0 Å². The monoisotopic (exact) mass is 260 g/mol. The lowest BCUT2D eigenvalue weighted by Crippen LogP contribution is -2.13. The van der Waals surface area contributed by atoms with E-state index >= 15 is 0 Å². The molecular weight excluding hydrogens is 244 g/mol. The Morgan fingerprint density at radius 1 is 1.26 bits per heavy atom. The number of para-hydroxylation sites is 1. The molecule has 0 bridgehead atoms. The first kappa shape index (κ1) is 13.3. The van der Waals surface area contributed by atoms with Gasteiger partial charge in [0.15, 0.2) is 0 Å². The van der Waals surface area contributed by atoms with E-state index in [-0.39, 0.29) is 5.56 Å². The first-order chi connectivity index (χ1) is 9.22. The Morgan fingerprint density at radius 3 is 2.79 bits per heavy atom. The molecule has 1 aromatic carbocycles. The molecule has 1 heterocycles. The van der Waals surface area contributed by atoms with Crippen molar-refractivity contribution >= 4 is 0 Å². The van der Waals surface area contributed by atoms with E-state index < -0.39 is 0 Å². The van der Waals surface area contributed by atoms with Gasteiger partial charge in [-0.25, -0.2) is 4.98 Å². The van der Waals surface area contributed by atoms with Crippen LogP contribution in [0.3, 0.4) is 0 Å². The number of aromatic nitrogens is 2. The summed E-state index contributed by atoms with van der Waals surface area (Å²) >= 11 is 0. The summed E-state index contributed by atoms with van der Waals surface area (Å²) in [6.07, 6.45) is 0.511. The van der Waals surface area contributed by atoms with Crippen molar-refractivity contribution in [1.82, 2.24) is 9.97 Å². The van der Waals surface area contributed by atoms with Crippen LogP contribution in [0.1, 0.15) is 17.1 Å². The highest BCUT2D eigenvalue weighted by Gasteiger charge is 2.06. The Hall–Kier alpha value is -2.14. The summed E-state index contributed by atoms with van der Waals surface area (Å²) in [5.74, 6) is 1.38. The van der Waals surface area contributed by atoms with Crippen LogP contribution in [-0.4, -0.2) is 24.2 Å². The van der Waals surface area contributed by atoms with E-state index in [2.05, 4.69) is 9.97 Å². The fourth-order valence-electron chi connectivity index (χ4n) is 1.90. The van der Waals surface area contributed by atoms with E-state index in [1.165, 1.54) is 6.07 Å². The molecule has 0 amide bonds. The number of methoxy groups -OCH3 is 2. The van der Waals surface area contributed by atoms with Gasteiger partial charge in [-0.05, 0) is 6.07 Å². The van der Waals surface area contributed by atoms with Crippen molar-refractivity contribution in [2.75, 3.05) is 14.2 Å². The first-order valence-electron chi connectivity index (χ1n) is 5.93. The van der Waals surface area contributed by atoms with Crippen LogP contribution in [0, 0.1) is 0 Å². The van der Waals surface area contributed by atoms with Crippen molar-refractivity contribution in [3.05, 3.63) is 57.8 Å². The topological polar surface area (TPSA) is 64.2 Å². The summed E-state index contributed by atoms with van der Waals surface area (Å²) in [6, 6.07) is 9.10. The SMILES string of the molecule is COCc1cc(=O)[nH]c(Cc2ccccc2OC)n1. The van der Waals surface area contributed by atoms with E-state index in [1.807, 2.05) is 24.3 Å². The zero-order chi connectivity index (χ0) is 13.7. The predicted octanol–water partition coefficient (Wildman–Crippen LogP) is 1.52. The molecule has 2 aromatic rings. The van der Waals surface area contributed by atoms with Crippen LogP contribution in [0.4, 0.5) is 0 Å². The summed E-state index contributed by atoms with van der Waals surface area (Å²) in [4.78, 5) is 18.6. The molecule has 2 rings (SSSR count). The van der Waals surface area contributed by atoms with E-state index in [0.29, 0.717) is 24.5 Å². The Bertz CT molecular complexity index is 608. The average Bonchev–Trinajstić information content (AvgIpc) is 2.39. The highest BCUT2D eigenvalue weighted by atomic mass is 16.5. The van der Waals surface area contributed by atoms with Crippen LogP contribution in [0.25, 0.3) is 0 Å². The second-order valence-corrected chi connectivity index (χ2v) is 4.11. The van der Waals surface area contributed by atoms with Crippen LogP contribution in [0.5, 0.6) is 5.75 Å². The summed E-state index contributed by atoms with van der Waals surface area (Å²) in [6.45, 7) is 0.322. The number of rotatable bonds is 5. The minimum atomic E-state index is -0.174. The normalized spacial score (nSPS) is 10.4. The van der Waals surface area contributed by atoms with E-state index in [0.717, 1.165) is 11.3 Å². The highest BCUT2D eigenvalue weighted by Crippen LogP contribution is 2.19. The van der Waals surface area contributed by atoms with Gasteiger partial charge >= 0.3 is 0 Å². The molecule has 19 heavy (non-hydrogen) atoms. The molecule has 5 heteroatoms. The molecule has 0 fully saturated rings. The number of hydrogen-bond acceptors (Lipinski definition) is 4. The molecule has 5 nitrogen and oxygen atoms in total. The zero-order valence-corrected chi connectivity index (χ0v) is 11.0. The molecule has 0 aliphatic carbocycles. The number of nitrogens with zero attached hydrogens (tertiary/aromatic N) is 1. The first-order valence-corrected chi connectivity index (χ1v) is 5.93. The van der Waals surface area contributed by atoms with Crippen molar-refractivity contribution in [2.45, 2.75) is 13.0 Å². The highest BCUT2D eigenvalue weighted by molar-refractivity contribution is 5.35. The van der Waals surface area contributed by atoms with E-state index in [9.17, 15) is 4.79 Å². The Balaban J connectivity index is 2.30. The zero-order valence-electron chi connectivity index (χ0n) is 11.0. The number of ether oxygens (including phenoxy) is 2. The van der Waals surface area contributed by atoms with Gasteiger partial charge in [0.05, 0.1) is 19.4 Å². The van der Waals surface area contributed by atoms with Crippen LogP contribution in [-0.2, 0) is 17.8 Å². The van der Waals surface area contributed by atoms with Crippen LogP contribution < -0.4 is 10.3 Å². The summed E-state index contributed by atoms with van der Waals surface area (Å²) in [5.41, 5.74) is 1.42. The predicted molar refractivity (Wildman–Crippen MR) is 71.4 cm³/mol. The molecule has 100 valence electrons. The maximum absolute atomic E-state index is 11.5. The van der Waals surface area contributed by atoms with Crippen LogP contribution in [0.2, 0.25) is 0 Å². The van der Waals surface area contributed by atoms with Crippen molar-refractivity contribution in [3.8, 4) is 5.75 Å². The van der Waals surface area contributed by atoms with Crippen molar-refractivity contribution in [1.29, 1.82) is 0 Å². The third-order valence-corrected chi connectivity index (χ3v) is 2.69. The average molecular weight is 260 g/mol. The molecule has 0 spiro atoms. The number of H-pyrrole nitrogens is 1. The molecule has 0 aliphatic heterocycles. The van der Waals surface area contributed by atoms with Crippen LogP contribution >= 0.6 is 0 Å². The number of hydrogen-bond donors (Lipinski definition) is 1. The Morgan fingerprint density at radius 2 is 2.05 bits per heavy atom. The van der Waals surface area contributed by atoms with Crippen molar-refractivity contribution < 1.29 is 9.47 Å². The standard InChI is InChI=1S/C14H16N2O3/c1-18-9-11-8-14(17)16-13(15-11)7-10-5-3-4-6-12(10)19-2/h3-6,8H,7,9H2,1-2H3,(H,15,16,17). The number of aromatic amines is 1. The van der Waals surface area contributed by atoms with Gasteiger partial charge in [-0.15, -0.1) is 0 Å². The smallest absolute Gasteiger partial charge is 0.251 e. The lowest BCUT2D eigenvalue weighted by atomic mass is 10.1. The molecule has 0 saturated heterocycles. The lowest BCUT2D eigenvalue weighted by Gasteiger charge is -2.08. The quantitative estimate of drug-likeness (QED) is 0.885. The van der Waals surface area contributed by atoms with Gasteiger partial charge in [-0.2, -0.15) is 0 Å². The second-order valence-electron chi connectivity index (χ2n) is 4.11. The second kappa shape index (κ2) is 6.15. The minimum absolute atomic E-state index is 0.174. The minimum Gasteiger partial charge on any atom is -0.496 e. The maximum Gasteiger partial charge on any atom is 0.251 e. The molecule has 0 aliphatic rings. The van der Waals surface area contributed by atoms with Gasteiger partial charge in [0.1, 0.15) is 11.6 Å². The van der Waals surface area contributed by atoms with E-state index in [1.54, 1.807) is 14.2 Å². The van der Waals surface area contributed by atoms with Gasteiger partial charge in [-0.1, -0.05) is 18.2 Å². The van der Waals surface area contributed by atoms with Gasteiger partial charge in [0.25, 0.3) is 5.56 Å². The van der Waals surface area contributed by atoms with Gasteiger partial charge in [0, 0.05) is 25.2 Å². The summed E-state index contributed by atoms with van der Waals surface area (Å²) < 4.78 is 10.3. The molecular formula is C14H16N2O3.